The molecule has 1 amide bonds. The van der Waals surface area contributed by atoms with Gasteiger partial charge in [0.25, 0.3) is 0 Å². The number of hydrogen-bond donors (Lipinski definition) is 1. The average molecular weight is 310 g/mol. The van der Waals surface area contributed by atoms with Gasteiger partial charge in [-0.25, -0.2) is 0 Å². The van der Waals surface area contributed by atoms with E-state index in [2.05, 4.69) is 37.4 Å². The van der Waals surface area contributed by atoms with Gasteiger partial charge in [-0.15, -0.1) is 11.8 Å². The highest BCUT2D eigenvalue weighted by atomic mass is 32.2. The van der Waals surface area contributed by atoms with Crippen LogP contribution in [0.4, 0.5) is 5.69 Å². The number of nitriles is 1. The van der Waals surface area contributed by atoms with Gasteiger partial charge in [0, 0.05) is 10.6 Å². The van der Waals surface area contributed by atoms with Crippen LogP contribution >= 0.6 is 11.8 Å². The molecule has 1 N–H and O–H groups in total. The predicted octanol–water partition coefficient (Wildman–Crippen LogP) is 4.29. The van der Waals surface area contributed by atoms with E-state index in [1.54, 1.807) is 24.3 Å². The fourth-order valence-corrected chi connectivity index (χ4v) is 2.92. The molecule has 0 aliphatic rings. The lowest BCUT2D eigenvalue weighted by molar-refractivity contribution is -0.115. The van der Waals surface area contributed by atoms with E-state index >= 15 is 0 Å². The summed E-state index contributed by atoms with van der Waals surface area (Å²) in [5, 5.41) is 11.5. The average Bonchev–Trinajstić information content (AvgIpc) is 2.51. The second-order valence-electron chi connectivity index (χ2n) is 5.19. The molecular formula is C18H18N2OS. The summed E-state index contributed by atoms with van der Waals surface area (Å²) in [5.41, 5.74) is 3.65. The molecule has 0 radical (unpaired) electrons. The maximum atomic E-state index is 12.3. The van der Waals surface area contributed by atoms with Crippen molar-refractivity contribution in [2.75, 3.05) is 5.32 Å². The SMILES string of the molecule is Cc1ccc(S[C@@H](C)C(=O)Nc2cccc(C#N)c2)cc1C. The van der Waals surface area contributed by atoms with Crippen LogP contribution in [0.3, 0.4) is 0 Å². The second-order valence-corrected chi connectivity index (χ2v) is 6.60. The molecule has 0 spiro atoms. The van der Waals surface area contributed by atoms with Crippen molar-refractivity contribution in [2.24, 2.45) is 0 Å². The molecular weight excluding hydrogens is 292 g/mol. The summed E-state index contributed by atoms with van der Waals surface area (Å²) in [6.07, 6.45) is 0. The summed E-state index contributed by atoms with van der Waals surface area (Å²) in [6, 6.07) is 15.2. The third-order valence-electron chi connectivity index (χ3n) is 3.42. The Morgan fingerprint density at radius 1 is 1.18 bits per heavy atom. The van der Waals surface area contributed by atoms with Crippen molar-refractivity contribution in [3.8, 4) is 6.07 Å². The third kappa shape index (κ3) is 4.12. The summed E-state index contributed by atoms with van der Waals surface area (Å²) in [5.74, 6) is -0.0710. The molecule has 0 aromatic heterocycles. The minimum absolute atomic E-state index is 0.0710. The van der Waals surface area contributed by atoms with E-state index in [1.165, 1.54) is 22.9 Å². The zero-order valence-corrected chi connectivity index (χ0v) is 13.7. The fourth-order valence-electron chi connectivity index (χ4n) is 1.96. The van der Waals surface area contributed by atoms with Crippen LogP contribution in [0.1, 0.15) is 23.6 Å². The molecule has 0 saturated heterocycles. The van der Waals surface area contributed by atoms with Crippen LogP contribution < -0.4 is 5.32 Å². The highest BCUT2D eigenvalue weighted by Crippen LogP contribution is 2.26. The van der Waals surface area contributed by atoms with Crippen LogP contribution in [-0.4, -0.2) is 11.2 Å². The van der Waals surface area contributed by atoms with E-state index in [1.807, 2.05) is 13.0 Å². The number of carbonyl (C=O) groups is 1. The Bertz CT molecular complexity index is 734. The quantitative estimate of drug-likeness (QED) is 0.857. The minimum Gasteiger partial charge on any atom is -0.325 e. The number of carbonyl (C=O) groups excluding carboxylic acids is 1. The lowest BCUT2D eigenvalue weighted by atomic mass is 10.1. The Kier molecular flexibility index (Phi) is 5.24. The second kappa shape index (κ2) is 7.15. The van der Waals surface area contributed by atoms with Crippen molar-refractivity contribution in [1.82, 2.24) is 0 Å². The molecule has 22 heavy (non-hydrogen) atoms. The van der Waals surface area contributed by atoms with Crippen molar-refractivity contribution in [1.29, 1.82) is 5.26 Å². The zero-order valence-electron chi connectivity index (χ0n) is 12.9. The Hall–Kier alpha value is -2.25. The molecule has 2 rings (SSSR count). The first kappa shape index (κ1) is 16.1. The summed E-state index contributed by atoms with van der Waals surface area (Å²) in [6.45, 7) is 6.02. The number of anilines is 1. The van der Waals surface area contributed by atoms with E-state index in [0.717, 1.165) is 4.90 Å². The molecule has 0 bridgehead atoms. The van der Waals surface area contributed by atoms with Gasteiger partial charge in [-0.1, -0.05) is 12.1 Å². The molecule has 3 nitrogen and oxygen atoms in total. The van der Waals surface area contributed by atoms with Crippen molar-refractivity contribution in [2.45, 2.75) is 30.9 Å². The zero-order chi connectivity index (χ0) is 16.1. The van der Waals surface area contributed by atoms with E-state index in [4.69, 9.17) is 5.26 Å². The smallest absolute Gasteiger partial charge is 0.237 e. The monoisotopic (exact) mass is 310 g/mol. The van der Waals surface area contributed by atoms with Crippen LogP contribution in [0.15, 0.2) is 47.4 Å². The molecule has 2 aromatic rings. The van der Waals surface area contributed by atoms with Crippen LogP contribution in [0.25, 0.3) is 0 Å². The summed E-state index contributed by atoms with van der Waals surface area (Å²) in [7, 11) is 0. The van der Waals surface area contributed by atoms with Gasteiger partial charge in [0.05, 0.1) is 16.9 Å². The first-order valence-corrected chi connectivity index (χ1v) is 7.92. The van der Waals surface area contributed by atoms with Gasteiger partial charge < -0.3 is 5.32 Å². The molecule has 0 aliphatic carbocycles. The Morgan fingerprint density at radius 2 is 1.95 bits per heavy atom. The molecule has 1 atom stereocenters. The first-order valence-electron chi connectivity index (χ1n) is 7.04. The summed E-state index contributed by atoms with van der Waals surface area (Å²) in [4.78, 5) is 13.3. The Labute approximate surface area is 135 Å². The van der Waals surface area contributed by atoms with E-state index in [0.29, 0.717) is 11.3 Å². The van der Waals surface area contributed by atoms with Crippen LogP contribution in [0.5, 0.6) is 0 Å². The highest BCUT2D eigenvalue weighted by molar-refractivity contribution is 8.00. The van der Waals surface area contributed by atoms with Crippen LogP contribution in [0, 0.1) is 25.2 Å². The summed E-state index contributed by atoms with van der Waals surface area (Å²) < 4.78 is 0. The minimum atomic E-state index is -0.215. The van der Waals surface area contributed by atoms with Gasteiger partial charge in [0.1, 0.15) is 0 Å². The van der Waals surface area contributed by atoms with Crippen molar-refractivity contribution >= 4 is 23.4 Å². The van der Waals surface area contributed by atoms with Crippen molar-refractivity contribution < 1.29 is 4.79 Å². The van der Waals surface area contributed by atoms with Crippen molar-refractivity contribution in [3.63, 3.8) is 0 Å². The molecule has 0 unspecified atom stereocenters. The molecule has 0 heterocycles. The number of benzene rings is 2. The maximum Gasteiger partial charge on any atom is 0.237 e. The predicted molar refractivity (Wildman–Crippen MR) is 91.0 cm³/mol. The first-order chi connectivity index (χ1) is 10.5. The van der Waals surface area contributed by atoms with Gasteiger partial charge in [-0.3, -0.25) is 4.79 Å². The van der Waals surface area contributed by atoms with Gasteiger partial charge in [-0.05, 0) is 62.2 Å². The molecule has 112 valence electrons. The normalized spacial score (nSPS) is 11.5. The molecule has 2 aromatic carbocycles. The van der Waals surface area contributed by atoms with Crippen LogP contribution in [-0.2, 0) is 4.79 Å². The Morgan fingerprint density at radius 3 is 2.64 bits per heavy atom. The number of rotatable bonds is 4. The number of thioether (sulfide) groups is 1. The fraction of sp³-hybridized carbons (Fsp3) is 0.222. The number of hydrogen-bond acceptors (Lipinski definition) is 3. The molecule has 4 heteroatoms. The lowest BCUT2D eigenvalue weighted by Gasteiger charge is -2.13. The maximum absolute atomic E-state index is 12.3. The van der Waals surface area contributed by atoms with Crippen molar-refractivity contribution in [3.05, 3.63) is 59.2 Å². The van der Waals surface area contributed by atoms with Crippen LogP contribution in [0.2, 0.25) is 0 Å². The van der Waals surface area contributed by atoms with E-state index in [-0.39, 0.29) is 11.2 Å². The number of aryl methyl sites for hydroxylation is 2. The topological polar surface area (TPSA) is 52.9 Å². The van der Waals surface area contributed by atoms with Gasteiger partial charge in [0.2, 0.25) is 5.91 Å². The Balaban J connectivity index is 2.02. The highest BCUT2D eigenvalue weighted by Gasteiger charge is 2.15. The number of nitrogens with zero attached hydrogens (tertiary/aromatic N) is 1. The number of amides is 1. The number of nitrogens with one attached hydrogen (secondary N) is 1. The molecule has 0 fully saturated rings. The molecule has 0 aliphatic heterocycles. The molecule has 0 saturated carbocycles. The van der Waals surface area contributed by atoms with Gasteiger partial charge >= 0.3 is 0 Å². The third-order valence-corrected chi connectivity index (χ3v) is 4.51. The van der Waals surface area contributed by atoms with Gasteiger partial charge in [0.15, 0.2) is 0 Å². The van der Waals surface area contributed by atoms with E-state index in [9.17, 15) is 4.79 Å². The lowest BCUT2D eigenvalue weighted by Crippen LogP contribution is -2.22. The van der Waals surface area contributed by atoms with Gasteiger partial charge in [-0.2, -0.15) is 5.26 Å². The standard InChI is InChI=1S/C18H18N2OS/c1-12-7-8-17(9-13(12)2)22-14(3)18(21)20-16-6-4-5-15(10-16)11-19/h4-10,14H,1-3H3,(H,20,21)/t14-/m0/s1. The van der Waals surface area contributed by atoms with E-state index < -0.39 is 0 Å². The summed E-state index contributed by atoms with van der Waals surface area (Å²) >= 11 is 1.53. The largest absolute Gasteiger partial charge is 0.325 e.